The molecule has 0 radical (unpaired) electrons. The Kier molecular flexibility index (Phi) is 5.22. The van der Waals surface area contributed by atoms with Crippen molar-refractivity contribution < 1.29 is 0 Å². The van der Waals surface area contributed by atoms with Crippen molar-refractivity contribution in [3.63, 3.8) is 0 Å². The number of nitrogens with zero attached hydrogens (tertiary/aromatic N) is 2. The third kappa shape index (κ3) is 4.73. The highest BCUT2D eigenvalue weighted by Gasteiger charge is 2.04. The molecule has 1 unspecified atom stereocenters. The Bertz CT molecular complexity index is 283. The van der Waals surface area contributed by atoms with Crippen molar-refractivity contribution in [2.45, 2.75) is 26.3 Å². The average molecular weight is 227 g/mol. The fourth-order valence-corrected chi connectivity index (χ4v) is 2.39. The van der Waals surface area contributed by atoms with Gasteiger partial charge in [0, 0.05) is 24.0 Å². The lowest BCUT2D eigenvalue weighted by Crippen LogP contribution is -2.36. The Labute approximate surface area is 96.5 Å². The van der Waals surface area contributed by atoms with Gasteiger partial charge in [0.25, 0.3) is 0 Å². The first-order valence-electron chi connectivity index (χ1n) is 5.36. The van der Waals surface area contributed by atoms with Gasteiger partial charge in [-0.3, -0.25) is 0 Å². The lowest BCUT2D eigenvalue weighted by molar-refractivity contribution is 0.351. The quantitative estimate of drug-likeness (QED) is 0.799. The molecule has 0 spiro atoms. The van der Waals surface area contributed by atoms with Gasteiger partial charge < -0.3 is 10.2 Å². The SMILES string of the molecule is Cc1ncsc1CCNC(C)CN(C)C. The van der Waals surface area contributed by atoms with Gasteiger partial charge in [0.15, 0.2) is 0 Å². The molecule has 0 aliphatic rings. The maximum absolute atomic E-state index is 4.25. The zero-order chi connectivity index (χ0) is 11.3. The number of rotatable bonds is 6. The van der Waals surface area contributed by atoms with Crippen LogP contribution in [0.4, 0.5) is 0 Å². The largest absolute Gasteiger partial charge is 0.313 e. The number of aromatic nitrogens is 1. The molecule has 15 heavy (non-hydrogen) atoms. The molecule has 0 saturated heterocycles. The molecule has 1 heterocycles. The molecule has 1 aromatic rings. The van der Waals surface area contributed by atoms with E-state index in [1.165, 1.54) is 10.6 Å². The molecule has 0 fully saturated rings. The molecule has 0 saturated carbocycles. The van der Waals surface area contributed by atoms with E-state index in [2.05, 4.69) is 43.1 Å². The molecular formula is C11H21N3S. The molecule has 1 N–H and O–H groups in total. The summed E-state index contributed by atoms with van der Waals surface area (Å²) < 4.78 is 0. The summed E-state index contributed by atoms with van der Waals surface area (Å²) in [6.45, 7) is 6.42. The molecule has 1 rings (SSSR count). The van der Waals surface area contributed by atoms with E-state index in [0.29, 0.717) is 6.04 Å². The third-order valence-corrected chi connectivity index (χ3v) is 3.32. The van der Waals surface area contributed by atoms with E-state index in [-0.39, 0.29) is 0 Å². The standard InChI is InChI=1S/C11H21N3S/c1-9(7-14(3)4)12-6-5-11-10(2)13-8-15-11/h8-9,12H,5-7H2,1-4H3. The Balaban J connectivity index is 2.19. The molecule has 1 aromatic heterocycles. The third-order valence-electron chi connectivity index (χ3n) is 2.33. The van der Waals surface area contributed by atoms with Crippen LogP contribution < -0.4 is 5.32 Å². The van der Waals surface area contributed by atoms with Crippen molar-refractivity contribution in [3.8, 4) is 0 Å². The molecule has 4 heteroatoms. The number of hydrogen-bond acceptors (Lipinski definition) is 4. The number of hydrogen-bond donors (Lipinski definition) is 1. The number of nitrogens with one attached hydrogen (secondary N) is 1. The van der Waals surface area contributed by atoms with E-state index in [4.69, 9.17) is 0 Å². The maximum atomic E-state index is 4.25. The lowest BCUT2D eigenvalue weighted by Gasteiger charge is -2.18. The molecule has 0 bridgehead atoms. The van der Waals surface area contributed by atoms with Gasteiger partial charge in [0.1, 0.15) is 0 Å². The summed E-state index contributed by atoms with van der Waals surface area (Å²) in [4.78, 5) is 7.85. The Morgan fingerprint density at radius 3 is 2.80 bits per heavy atom. The van der Waals surface area contributed by atoms with Crippen LogP contribution >= 0.6 is 11.3 Å². The monoisotopic (exact) mass is 227 g/mol. The molecule has 0 amide bonds. The van der Waals surface area contributed by atoms with Crippen LogP contribution in [-0.2, 0) is 6.42 Å². The van der Waals surface area contributed by atoms with Crippen LogP contribution in [0, 0.1) is 6.92 Å². The highest BCUT2D eigenvalue weighted by Crippen LogP contribution is 2.11. The Morgan fingerprint density at radius 2 is 2.27 bits per heavy atom. The molecule has 0 aliphatic heterocycles. The predicted octanol–water partition coefficient (Wildman–Crippen LogP) is 1.53. The van der Waals surface area contributed by atoms with Gasteiger partial charge >= 0.3 is 0 Å². The van der Waals surface area contributed by atoms with Crippen molar-refractivity contribution in [1.29, 1.82) is 0 Å². The molecular weight excluding hydrogens is 206 g/mol. The number of aryl methyl sites for hydroxylation is 1. The van der Waals surface area contributed by atoms with E-state index in [1.807, 2.05) is 5.51 Å². The second-order valence-corrected chi connectivity index (χ2v) is 5.17. The molecule has 3 nitrogen and oxygen atoms in total. The van der Waals surface area contributed by atoms with E-state index in [1.54, 1.807) is 11.3 Å². The van der Waals surface area contributed by atoms with Gasteiger partial charge in [0.05, 0.1) is 11.2 Å². The summed E-state index contributed by atoms with van der Waals surface area (Å²) in [7, 11) is 4.21. The second kappa shape index (κ2) is 6.20. The van der Waals surface area contributed by atoms with Crippen LogP contribution in [0.25, 0.3) is 0 Å². The summed E-state index contributed by atoms with van der Waals surface area (Å²) in [5.41, 5.74) is 3.11. The lowest BCUT2D eigenvalue weighted by atomic mass is 10.2. The maximum Gasteiger partial charge on any atom is 0.0797 e. The van der Waals surface area contributed by atoms with Gasteiger partial charge in [-0.1, -0.05) is 0 Å². The van der Waals surface area contributed by atoms with Gasteiger partial charge in [-0.25, -0.2) is 4.98 Å². The first-order valence-corrected chi connectivity index (χ1v) is 6.24. The fourth-order valence-electron chi connectivity index (χ4n) is 1.61. The minimum atomic E-state index is 0.549. The fraction of sp³-hybridized carbons (Fsp3) is 0.727. The van der Waals surface area contributed by atoms with Gasteiger partial charge in [-0.05, 0) is 34.4 Å². The van der Waals surface area contributed by atoms with Crippen molar-refractivity contribution in [1.82, 2.24) is 15.2 Å². The van der Waals surface area contributed by atoms with Crippen LogP contribution in [0.15, 0.2) is 5.51 Å². The van der Waals surface area contributed by atoms with Crippen LogP contribution in [0.2, 0.25) is 0 Å². The highest BCUT2D eigenvalue weighted by atomic mass is 32.1. The minimum Gasteiger partial charge on any atom is -0.313 e. The van der Waals surface area contributed by atoms with Gasteiger partial charge in [-0.15, -0.1) is 11.3 Å². The summed E-state index contributed by atoms with van der Waals surface area (Å²) in [5.74, 6) is 0. The molecule has 1 atom stereocenters. The van der Waals surface area contributed by atoms with E-state index >= 15 is 0 Å². The molecule has 86 valence electrons. The van der Waals surface area contributed by atoms with Gasteiger partial charge in [0.2, 0.25) is 0 Å². The summed E-state index contributed by atoms with van der Waals surface area (Å²) in [6.07, 6.45) is 1.09. The second-order valence-electron chi connectivity index (χ2n) is 4.23. The normalized spacial score (nSPS) is 13.4. The minimum absolute atomic E-state index is 0.549. The Hall–Kier alpha value is -0.450. The molecule has 0 aliphatic carbocycles. The Morgan fingerprint density at radius 1 is 1.53 bits per heavy atom. The van der Waals surface area contributed by atoms with Crippen molar-refractivity contribution in [2.75, 3.05) is 27.2 Å². The van der Waals surface area contributed by atoms with Crippen molar-refractivity contribution in [2.24, 2.45) is 0 Å². The zero-order valence-electron chi connectivity index (χ0n) is 10.1. The summed E-state index contributed by atoms with van der Waals surface area (Å²) >= 11 is 1.75. The van der Waals surface area contributed by atoms with Crippen molar-refractivity contribution in [3.05, 3.63) is 16.1 Å². The van der Waals surface area contributed by atoms with Crippen LogP contribution in [0.1, 0.15) is 17.5 Å². The van der Waals surface area contributed by atoms with E-state index in [0.717, 1.165) is 19.5 Å². The van der Waals surface area contributed by atoms with E-state index in [9.17, 15) is 0 Å². The number of likely N-dealkylation sites (N-methyl/N-ethyl adjacent to an activating group) is 1. The highest BCUT2D eigenvalue weighted by molar-refractivity contribution is 7.09. The predicted molar refractivity (Wildman–Crippen MR) is 66.6 cm³/mol. The van der Waals surface area contributed by atoms with Gasteiger partial charge in [-0.2, -0.15) is 0 Å². The topological polar surface area (TPSA) is 28.2 Å². The number of thiazole rings is 1. The van der Waals surface area contributed by atoms with Crippen LogP contribution in [0.3, 0.4) is 0 Å². The van der Waals surface area contributed by atoms with E-state index < -0.39 is 0 Å². The van der Waals surface area contributed by atoms with Crippen LogP contribution in [-0.4, -0.2) is 43.1 Å². The molecule has 0 aromatic carbocycles. The summed E-state index contributed by atoms with van der Waals surface area (Å²) in [6, 6.07) is 0.549. The first kappa shape index (κ1) is 12.6. The average Bonchev–Trinajstić information content (AvgIpc) is 2.50. The smallest absolute Gasteiger partial charge is 0.0797 e. The zero-order valence-corrected chi connectivity index (χ0v) is 10.9. The van der Waals surface area contributed by atoms with Crippen molar-refractivity contribution >= 4 is 11.3 Å². The van der Waals surface area contributed by atoms with Crippen LogP contribution in [0.5, 0.6) is 0 Å². The first-order chi connectivity index (χ1) is 7.09. The summed E-state index contributed by atoms with van der Waals surface area (Å²) in [5, 5.41) is 3.52.